The first-order chi connectivity index (χ1) is 36.0. The van der Waals surface area contributed by atoms with Gasteiger partial charge in [-0.1, -0.05) is 266 Å². The number of allylic oxidation sites excluding steroid dienone is 16. The van der Waals surface area contributed by atoms with Gasteiger partial charge in [-0.25, -0.2) is 0 Å². The summed E-state index contributed by atoms with van der Waals surface area (Å²) in [6, 6.07) is 0. The van der Waals surface area contributed by atoms with Crippen molar-refractivity contribution < 1.29 is 28.6 Å². The molecule has 418 valence electrons. The summed E-state index contributed by atoms with van der Waals surface area (Å²) >= 11 is 0. The lowest BCUT2D eigenvalue weighted by molar-refractivity contribution is -0.167. The Hall–Kier alpha value is -3.67. The zero-order chi connectivity index (χ0) is 52.9. The molecule has 0 aromatic rings. The maximum atomic E-state index is 12.9. The van der Waals surface area contributed by atoms with Crippen LogP contribution in [-0.4, -0.2) is 37.2 Å². The van der Waals surface area contributed by atoms with E-state index in [2.05, 4.69) is 118 Å². The van der Waals surface area contributed by atoms with Crippen LogP contribution in [0.3, 0.4) is 0 Å². The molecule has 6 nitrogen and oxygen atoms in total. The van der Waals surface area contributed by atoms with Gasteiger partial charge < -0.3 is 14.2 Å². The molecular formula is C67H114O6. The van der Waals surface area contributed by atoms with Crippen molar-refractivity contribution in [2.75, 3.05) is 13.2 Å². The zero-order valence-corrected chi connectivity index (χ0v) is 47.9. The van der Waals surface area contributed by atoms with Crippen molar-refractivity contribution in [2.24, 2.45) is 0 Å². The van der Waals surface area contributed by atoms with Gasteiger partial charge in [0.15, 0.2) is 6.10 Å². The van der Waals surface area contributed by atoms with E-state index < -0.39 is 6.10 Å². The van der Waals surface area contributed by atoms with Crippen molar-refractivity contribution in [3.05, 3.63) is 97.2 Å². The van der Waals surface area contributed by atoms with E-state index in [1.807, 2.05) is 0 Å². The highest BCUT2D eigenvalue weighted by atomic mass is 16.6. The van der Waals surface area contributed by atoms with E-state index in [1.165, 1.54) is 135 Å². The summed E-state index contributed by atoms with van der Waals surface area (Å²) in [7, 11) is 0. The highest BCUT2D eigenvalue weighted by molar-refractivity contribution is 5.71. The topological polar surface area (TPSA) is 78.9 Å². The van der Waals surface area contributed by atoms with Gasteiger partial charge in [-0.15, -0.1) is 0 Å². The molecule has 0 radical (unpaired) electrons. The number of hydrogen-bond donors (Lipinski definition) is 0. The fraction of sp³-hybridized carbons (Fsp3) is 0.716. The SMILES string of the molecule is CC/C=C\C/C=C\C/C=C\C/C=C\C/C=C\C/C=C\CCCCCCCCC(=O)OCC(COC(=O)CCCCCCCCCCCCC)OC(=O)CCCCCCCCCCC/C=C\C/C=C\CCCCC. The summed E-state index contributed by atoms with van der Waals surface area (Å²) in [6.45, 7) is 6.50. The average molecular weight is 1020 g/mol. The van der Waals surface area contributed by atoms with Crippen LogP contribution in [0.15, 0.2) is 97.2 Å². The summed E-state index contributed by atoms with van der Waals surface area (Å²) in [5, 5.41) is 0. The Morgan fingerprint density at radius 2 is 0.534 bits per heavy atom. The molecule has 0 heterocycles. The van der Waals surface area contributed by atoms with Crippen LogP contribution in [-0.2, 0) is 28.6 Å². The Morgan fingerprint density at radius 1 is 0.288 bits per heavy atom. The van der Waals surface area contributed by atoms with Gasteiger partial charge in [-0.05, 0) is 103 Å². The van der Waals surface area contributed by atoms with Crippen LogP contribution in [0.25, 0.3) is 0 Å². The van der Waals surface area contributed by atoms with Gasteiger partial charge in [0.05, 0.1) is 0 Å². The van der Waals surface area contributed by atoms with E-state index in [0.29, 0.717) is 19.3 Å². The molecule has 73 heavy (non-hydrogen) atoms. The highest BCUT2D eigenvalue weighted by Gasteiger charge is 2.19. The van der Waals surface area contributed by atoms with E-state index >= 15 is 0 Å². The zero-order valence-electron chi connectivity index (χ0n) is 47.9. The van der Waals surface area contributed by atoms with Crippen LogP contribution in [0.4, 0.5) is 0 Å². The highest BCUT2D eigenvalue weighted by Crippen LogP contribution is 2.16. The summed E-state index contributed by atoms with van der Waals surface area (Å²) in [4.78, 5) is 38.2. The lowest BCUT2D eigenvalue weighted by Gasteiger charge is -2.18. The summed E-state index contributed by atoms with van der Waals surface area (Å²) in [6.07, 6.45) is 81.1. The van der Waals surface area contributed by atoms with Crippen molar-refractivity contribution in [1.29, 1.82) is 0 Å². The maximum absolute atomic E-state index is 12.9. The molecule has 0 amide bonds. The Kier molecular flexibility index (Phi) is 57.8. The lowest BCUT2D eigenvalue weighted by Crippen LogP contribution is -2.30. The molecule has 0 saturated heterocycles. The first-order valence-corrected chi connectivity index (χ1v) is 30.7. The van der Waals surface area contributed by atoms with E-state index in [9.17, 15) is 14.4 Å². The van der Waals surface area contributed by atoms with Crippen LogP contribution in [0.1, 0.15) is 290 Å². The van der Waals surface area contributed by atoms with Gasteiger partial charge >= 0.3 is 17.9 Å². The van der Waals surface area contributed by atoms with Gasteiger partial charge in [0.25, 0.3) is 0 Å². The minimum Gasteiger partial charge on any atom is -0.462 e. The molecule has 0 fully saturated rings. The molecule has 0 aromatic heterocycles. The van der Waals surface area contributed by atoms with Gasteiger partial charge in [0, 0.05) is 19.3 Å². The molecule has 0 aliphatic carbocycles. The smallest absolute Gasteiger partial charge is 0.306 e. The second kappa shape index (κ2) is 60.9. The standard InChI is InChI=1S/C67H114O6/c1-4-7-10-13-16-19-22-24-26-28-30-31-32-33-34-35-37-38-40-42-45-48-51-54-57-60-66(69)72-63-64(62-71-65(68)59-56-53-50-47-44-21-18-15-12-9-6-3)73-67(70)61-58-55-52-49-46-43-41-39-36-29-27-25-23-20-17-14-11-8-5-2/h7,10,16-17,19-20,24-27,30-31,33-34,37-38,64H,4-6,8-9,11-15,18,21-23,28-29,32,35-36,39-63H2,1-3H3/b10-7-,19-16-,20-17-,26-24-,27-25-,31-30-,34-33-,38-37-. The first kappa shape index (κ1) is 69.3. The van der Waals surface area contributed by atoms with Crippen LogP contribution in [0.2, 0.25) is 0 Å². The Morgan fingerprint density at radius 3 is 0.863 bits per heavy atom. The van der Waals surface area contributed by atoms with E-state index in [4.69, 9.17) is 14.2 Å². The molecule has 0 aromatic carbocycles. The fourth-order valence-electron chi connectivity index (χ4n) is 8.48. The summed E-state index contributed by atoms with van der Waals surface area (Å²) < 4.78 is 16.9. The van der Waals surface area contributed by atoms with Gasteiger partial charge in [-0.2, -0.15) is 0 Å². The number of hydrogen-bond acceptors (Lipinski definition) is 6. The molecular weight excluding hydrogens is 901 g/mol. The van der Waals surface area contributed by atoms with Gasteiger partial charge in [0.1, 0.15) is 13.2 Å². The van der Waals surface area contributed by atoms with Crippen LogP contribution >= 0.6 is 0 Å². The van der Waals surface area contributed by atoms with Crippen LogP contribution in [0.5, 0.6) is 0 Å². The third-order valence-electron chi connectivity index (χ3n) is 13.1. The van der Waals surface area contributed by atoms with Gasteiger partial charge in [0.2, 0.25) is 0 Å². The minimum absolute atomic E-state index is 0.0821. The second-order valence-corrected chi connectivity index (χ2v) is 20.2. The third-order valence-corrected chi connectivity index (χ3v) is 13.1. The predicted molar refractivity (Wildman–Crippen MR) is 316 cm³/mol. The Balaban J connectivity index is 4.34. The van der Waals surface area contributed by atoms with Crippen molar-refractivity contribution in [3.63, 3.8) is 0 Å². The number of rotatable bonds is 55. The van der Waals surface area contributed by atoms with Crippen molar-refractivity contribution in [2.45, 2.75) is 297 Å². The first-order valence-electron chi connectivity index (χ1n) is 30.7. The van der Waals surface area contributed by atoms with Crippen LogP contribution in [0, 0.1) is 0 Å². The minimum atomic E-state index is -0.786. The molecule has 0 N–H and O–H groups in total. The molecule has 0 saturated carbocycles. The monoisotopic (exact) mass is 1010 g/mol. The molecule has 0 bridgehead atoms. The molecule has 1 atom stereocenters. The van der Waals surface area contributed by atoms with E-state index in [0.717, 1.165) is 116 Å². The Labute approximate surface area is 451 Å². The van der Waals surface area contributed by atoms with Crippen LogP contribution < -0.4 is 0 Å². The number of esters is 3. The molecule has 6 heteroatoms. The van der Waals surface area contributed by atoms with E-state index in [1.54, 1.807) is 0 Å². The number of carbonyl (C=O) groups is 3. The number of ether oxygens (including phenoxy) is 3. The lowest BCUT2D eigenvalue weighted by atomic mass is 10.1. The maximum Gasteiger partial charge on any atom is 0.306 e. The molecule has 1 unspecified atom stereocenters. The normalized spacial score (nSPS) is 12.8. The second-order valence-electron chi connectivity index (χ2n) is 20.2. The third kappa shape index (κ3) is 59.1. The predicted octanol–water partition coefficient (Wildman–Crippen LogP) is 20.9. The van der Waals surface area contributed by atoms with Crippen molar-refractivity contribution in [3.8, 4) is 0 Å². The number of carbonyl (C=O) groups excluding carboxylic acids is 3. The molecule has 0 rings (SSSR count). The van der Waals surface area contributed by atoms with Crippen molar-refractivity contribution >= 4 is 17.9 Å². The van der Waals surface area contributed by atoms with Gasteiger partial charge in [-0.3, -0.25) is 14.4 Å². The van der Waals surface area contributed by atoms with Crippen molar-refractivity contribution in [1.82, 2.24) is 0 Å². The molecule has 0 aliphatic heterocycles. The quantitative estimate of drug-likeness (QED) is 0.0261. The average Bonchev–Trinajstić information content (AvgIpc) is 3.39. The molecule has 0 aliphatic rings. The largest absolute Gasteiger partial charge is 0.462 e. The Bertz CT molecular complexity index is 1440. The fourth-order valence-corrected chi connectivity index (χ4v) is 8.48. The molecule has 0 spiro atoms. The summed E-state index contributed by atoms with van der Waals surface area (Å²) in [5.41, 5.74) is 0. The number of unbranched alkanes of at least 4 members (excludes halogenated alkanes) is 28. The summed E-state index contributed by atoms with van der Waals surface area (Å²) in [5.74, 6) is -0.895. The van der Waals surface area contributed by atoms with E-state index in [-0.39, 0.29) is 31.1 Å².